The molecule has 0 saturated carbocycles. The molecule has 1 aromatic carbocycles. The Kier molecular flexibility index (Phi) is 5.00. The van der Waals surface area contributed by atoms with E-state index in [4.69, 9.17) is 18.7 Å². The molecule has 0 heterocycles. The van der Waals surface area contributed by atoms with E-state index in [-0.39, 0.29) is 0 Å². The zero-order chi connectivity index (χ0) is 11.1. The summed E-state index contributed by atoms with van der Waals surface area (Å²) in [6, 6.07) is 7.38. The molecular weight excluding hydrogens is 195 g/mol. The quantitative estimate of drug-likeness (QED) is 0.670. The lowest BCUT2D eigenvalue weighted by Crippen LogP contribution is -2.27. The molecule has 0 aliphatic rings. The highest BCUT2D eigenvalue weighted by atomic mass is 16.7. The minimum atomic E-state index is -0.716. The van der Waals surface area contributed by atoms with E-state index in [1.165, 1.54) is 14.2 Å². The van der Waals surface area contributed by atoms with Gasteiger partial charge in [0, 0.05) is 14.2 Å². The number of hydrogen-bond donors (Lipinski definition) is 0. The van der Waals surface area contributed by atoms with Gasteiger partial charge >= 0.3 is 7.32 Å². The first-order valence-corrected chi connectivity index (χ1v) is 4.75. The smallest absolute Gasteiger partial charge is 0.509 e. The Morgan fingerprint density at radius 3 is 2.20 bits per heavy atom. The fourth-order valence-corrected chi connectivity index (χ4v) is 1.12. The van der Waals surface area contributed by atoms with Crippen molar-refractivity contribution in [1.29, 1.82) is 0 Å². The minimum Gasteiger partial charge on any atom is -0.509 e. The van der Waals surface area contributed by atoms with Crippen LogP contribution in [0.1, 0.15) is 6.92 Å². The Morgan fingerprint density at radius 1 is 1.07 bits per heavy atom. The third-order valence-electron chi connectivity index (χ3n) is 1.76. The van der Waals surface area contributed by atoms with E-state index in [1.54, 1.807) is 6.07 Å². The van der Waals surface area contributed by atoms with E-state index in [0.717, 1.165) is 0 Å². The normalized spacial score (nSPS) is 9.80. The molecule has 82 valence electrons. The maximum atomic E-state index is 5.43. The molecule has 0 unspecified atom stereocenters. The van der Waals surface area contributed by atoms with Crippen LogP contribution >= 0.6 is 0 Å². The minimum absolute atomic E-state index is 0.588. The molecule has 0 radical (unpaired) electrons. The van der Waals surface area contributed by atoms with Crippen molar-refractivity contribution >= 4 is 7.32 Å². The highest BCUT2D eigenvalue weighted by Gasteiger charge is 2.21. The molecule has 4 nitrogen and oxygen atoms in total. The Labute approximate surface area is 90.3 Å². The van der Waals surface area contributed by atoms with Crippen LogP contribution in [-0.4, -0.2) is 28.1 Å². The molecule has 0 bridgehead atoms. The molecule has 0 fully saturated rings. The van der Waals surface area contributed by atoms with Gasteiger partial charge in [-0.3, -0.25) is 0 Å². The van der Waals surface area contributed by atoms with Crippen LogP contribution < -0.4 is 9.39 Å². The van der Waals surface area contributed by atoms with Crippen LogP contribution in [0, 0.1) is 0 Å². The van der Waals surface area contributed by atoms with Gasteiger partial charge in [0.15, 0.2) is 5.75 Å². The van der Waals surface area contributed by atoms with Crippen molar-refractivity contribution in [3.8, 4) is 11.5 Å². The average molecular weight is 210 g/mol. The highest BCUT2D eigenvalue weighted by Crippen LogP contribution is 2.26. The fourth-order valence-electron chi connectivity index (χ4n) is 1.12. The number of para-hydroxylation sites is 2. The van der Waals surface area contributed by atoms with Gasteiger partial charge < -0.3 is 18.7 Å². The van der Waals surface area contributed by atoms with E-state index >= 15 is 0 Å². The third-order valence-corrected chi connectivity index (χ3v) is 1.76. The average Bonchev–Trinajstić information content (AvgIpc) is 2.28. The second kappa shape index (κ2) is 6.32. The summed E-state index contributed by atoms with van der Waals surface area (Å²) in [5, 5.41) is 0. The predicted molar refractivity (Wildman–Crippen MR) is 58.0 cm³/mol. The van der Waals surface area contributed by atoms with Crippen LogP contribution in [0.2, 0.25) is 0 Å². The van der Waals surface area contributed by atoms with Gasteiger partial charge in [-0.1, -0.05) is 12.1 Å². The predicted octanol–water partition coefficient (Wildman–Crippen LogP) is 1.74. The molecule has 5 heteroatoms. The van der Waals surface area contributed by atoms with Crippen LogP contribution in [0.15, 0.2) is 24.3 Å². The number of benzene rings is 1. The molecule has 0 saturated heterocycles. The maximum absolute atomic E-state index is 5.43. The van der Waals surface area contributed by atoms with E-state index < -0.39 is 7.32 Å². The third kappa shape index (κ3) is 3.45. The number of rotatable bonds is 6. The molecule has 0 N–H and O–H groups in total. The maximum Gasteiger partial charge on any atom is 0.712 e. The van der Waals surface area contributed by atoms with Crippen LogP contribution in [0.4, 0.5) is 0 Å². The van der Waals surface area contributed by atoms with Crippen LogP contribution in [0.3, 0.4) is 0 Å². The SMILES string of the molecule is CCOc1ccccc1OB(OC)OC. The number of ether oxygens (including phenoxy) is 1. The Bertz CT molecular complexity index is 289. The summed E-state index contributed by atoms with van der Waals surface area (Å²) >= 11 is 0. The van der Waals surface area contributed by atoms with E-state index in [9.17, 15) is 0 Å². The van der Waals surface area contributed by atoms with Crippen LogP contribution in [0.5, 0.6) is 11.5 Å². The van der Waals surface area contributed by atoms with Gasteiger partial charge in [-0.15, -0.1) is 0 Å². The molecule has 0 spiro atoms. The summed E-state index contributed by atoms with van der Waals surface area (Å²) < 4.78 is 20.7. The molecular formula is C10H15BO4. The summed E-state index contributed by atoms with van der Waals surface area (Å²) in [7, 11) is 2.31. The van der Waals surface area contributed by atoms with Gasteiger partial charge in [-0.2, -0.15) is 0 Å². The van der Waals surface area contributed by atoms with Gasteiger partial charge in [0.05, 0.1) is 6.61 Å². The van der Waals surface area contributed by atoms with Crippen molar-refractivity contribution in [2.75, 3.05) is 20.8 Å². The summed E-state index contributed by atoms with van der Waals surface area (Å²) in [5.74, 6) is 1.28. The summed E-state index contributed by atoms with van der Waals surface area (Å²) in [5.41, 5.74) is 0. The van der Waals surface area contributed by atoms with Gasteiger partial charge in [0.2, 0.25) is 0 Å². The van der Waals surface area contributed by atoms with Crippen molar-refractivity contribution in [3.63, 3.8) is 0 Å². The molecule has 0 aromatic heterocycles. The summed E-state index contributed by atoms with van der Waals surface area (Å²) in [6.07, 6.45) is 0. The lowest BCUT2D eigenvalue weighted by molar-refractivity contribution is 0.197. The fraction of sp³-hybridized carbons (Fsp3) is 0.400. The van der Waals surface area contributed by atoms with Gasteiger partial charge in [-0.25, -0.2) is 0 Å². The molecule has 15 heavy (non-hydrogen) atoms. The second-order valence-corrected chi connectivity index (χ2v) is 2.76. The highest BCUT2D eigenvalue weighted by molar-refractivity contribution is 6.37. The van der Waals surface area contributed by atoms with Gasteiger partial charge in [-0.05, 0) is 19.1 Å². The van der Waals surface area contributed by atoms with Crippen molar-refractivity contribution in [2.24, 2.45) is 0 Å². The molecule has 0 aliphatic heterocycles. The van der Waals surface area contributed by atoms with Crippen molar-refractivity contribution in [3.05, 3.63) is 24.3 Å². The Balaban J connectivity index is 2.73. The molecule has 0 aliphatic carbocycles. The first-order valence-electron chi connectivity index (χ1n) is 4.75. The summed E-state index contributed by atoms with van der Waals surface area (Å²) in [4.78, 5) is 0. The topological polar surface area (TPSA) is 36.9 Å². The van der Waals surface area contributed by atoms with E-state index in [1.807, 2.05) is 25.1 Å². The zero-order valence-electron chi connectivity index (χ0n) is 9.23. The van der Waals surface area contributed by atoms with Gasteiger partial charge in [0.1, 0.15) is 5.75 Å². The van der Waals surface area contributed by atoms with Crippen molar-refractivity contribution in [1.82, 2.24) is 0 Å². The van der Waals surface area contributed by atoms with E-state index in [0.29, 0.717) is 18.1 Å². The first kappa shape index (κ1) is 11.9. The second-order valence-electron chi connectivity index (χ2n) is 2.76. The lowest BCUT2D eigenvalue weighted by Gasteiger charge is -2.14. The summed E-state index contributed by atoms with van der Waals surface area (Å²) in [6.45, 7) is 2.51. The molecule has 1 aromatic rings. The van der Waals surface area contributed by atoms with Crippen molar-refractivity contribution < 1.29 is 18.7 Å². The first-order chi connectivity index (χ1) is 7.31. The number of hydrogen-bond acceptors (Lipinski definition) is 4. The Morgan fingerprint density at radius 2 is 1.67 bits per heavy atom. The largest absolute Gasteiger partial charge is 0.712 e. The van der Waals surface area contributed by atoms with Crippen LogP contribution in [0.25, 0.3) is 0 Å². The van der Waals surface area contributed by atoms with Gasteiger partial charge in [0.25, 0.3) is 0 Å². The van der Waals surface area contributed by atoms with Crippen LogP contribution in [-0.2, 0) is 9.31 Å². The van der Waals surface area contributed by atoms with Crippen molar-refractivity contribution in [2.45, 2.75) is 6.92 Å². The lowest BCUT2D eigenvalue weighted by atomic mass is 10.2. The Hall–Kier alpha value is -1.20. The van der Waals surface area contributed by atoms with E-state index in [2.05, 4.69) is 0 Å². The monoisotopic (exact) mass is 210 g/mol. The molecule has 0 atom stereocenters. The standard InChI is InChI=1S/C10H15BO4/c1-4-14-9-7-5-6-8-10(9)15-11(12-2)13-3/h5-8H,4H2,1-3H3. The zero-order valence-corrected chi connectivity index (χ0v) is 9.23. The molecule has 1 rings (SSSR count). The molecule has 0 amide bonds.